The third-order valence-corrected chi connectivity index (χ3v) is 4.37. The number of benzene rings is 1. The summed E-state index contributed by atoms with van der Waals surface area (Å²) in [5.41, 5.74) is 6.36. The Bertz CT molecular complexity index is 459. The largest absolute Gasteiger partial charge is 0.396 e. The van der Waals surface area contributed by atoms with Crippen molar-refractivity contribution in [2.75, 3.05) is 23.7 Å². The molecule has 0 aromatic heterocycles. The molecule has 2 fully saturated rings. The van der Waals surface area contributed by atoms with E-state index in [-0.39, 0.29) is 5.69 Å². The Kier molecular flexibility index (Phi) is 2.68. The first-order valence-electron chi connectivity index (χ1n) is 6.59. The molecule has 2 N–H and O–H groups in total. The minimum Gasteiger partial charge on any atom is -0.396 e. The topological polar surface area (TPSA) is 29.3 Å². The van der Waals surface area contributed by atoms with Crippen molar-refractivity contribution in [2.24, 2.45) is 5.41 Å². The molecule has 1 saturated carbocycles. The van der Waals surface area contributed by atoms with Crippen molar-refractivity contribution in [3.63, 3.8) is 0 Å². The normalized spacial score (nSPS) is 22.0. The van der Waals surface area contributed by atoms with Crippen molar-refractivity contribution < 1.29 is 8.78 Å². The summed E-state index contributed by atoms with van der Waals surface area (Å²) >= 11 is 0. The van der Waals surface area contributed by atoms with E-state index in [2.05, 4.69) is 0 Å². The van der Waals surface area contributed by atoms with Gasteiger partial charge in [-0.05, 0) is 18.9 Å². The summed E-state index contributed by atoms with van der Waals surface area (Å²) in [6.45, 7) is 1.77. The van der Waals surface area contributed by atoms with E-state index in [0.29, 0.717) is 11.1 Å². The molecule has 0 radical (unpaired) electrons. The summed E-state index contributed by atoms with van der Waals surface area (Å²) in [4.78, 5) is 1.98. The second-order valence-electron chi connectivity index (χ2n) is 5.74. The van der Waals surface area contributed by atoms with Crippen LogP contribution in [-0.4, -0.2) is 13.1 Å². The van der Waals surface area contributed by atoms with Crippen molar-refractivity contribution in [3.8, 4) is 0 Å². The summed E-state index contributed by atoms with van der Waals surface area (Å²) in [7, 11) is 0. The molecule has 0 atom stereocenters. The summed E-state index contributed by atoms with van der Waals surface area (Å²) in [6, 6.07) is 2.30. The second-order valence-corrected chi connectivity index (χ2v) is 5.74. The molecule has 98 valence electrons. The molecule has 2 aliphatic rings. The van der Waals surface area contributed by atoms with Crippen LogP contribution in [0, 0.1) is 17.0 Å². The third-order valence-electron chi connectivity index (χ3n) is 4.37. The van der Waals surface area contributed by atoms with E-state index in [1.807, 2.05) is 4.90 Å². The lowest BCUT2D eigenvalue weighted by Gasteiger charge is -2.53. The van der Waals surface area contributed by atoms with Crippen LogP contribution in [0.1, 0.15) is 32.1 Å². The van der Waals surface area contributed by atoms with Gasteiger partial charge in [0, 0.05) is 24.6 Å². The number of nitrogens with two attached hydrogens (primary N) is 1. The minimum absolute atomic E-state index is 0.0241. The molecule has 3 rings (SSSR count). The molecule has 0 amide bonds. The lowest BCUT2D eigenvalue weighted by atomic mass is 9.68. The van der Waals surface area contributed by atoms with Crippen molar-refractivity contribution in [3.05, 3.63) is 23.8 Å². The van der Waals surface area contributed by atoms with Gasteiger partial charge in [0.2, 0.25) is 0 Å². The molecule has 0 unspecified atom stereocenters. The van der Waals surface area contributed by atoms with Crippen LogP contribution in [0.15, 0.2) is 12.1 Å². The molecule has 1 aromatic rings. The molecular weight excluding hydrogens is 234 g/mol. The van der Waals surface area contributed by atoms with Gasteiger partial charge in [0.25, 0.3) is 0 Å². The van der Waals surface area contributed by atoms with Crippen LogP contribution in [0.3, 0.4) is 0 Å². The van der Waals surface area contributed by atoms with E-state index in [1.54, 1.807) is 0 Å². The molecule has 1 heterocycles. The maximum absolute atomic E-state index is 13.7. The highest BCUT2D eigenvalue weighted by Crippen LogP contribution is 2.46. The number of hydrogen-bond acceptors (Lipinski definition) is 2. The van der Waals surface area contributed by atoms with Gasteiger partial charge in [-0.1, -0.05) is 19.3 Å². The first kappa shape index (κ1) is 11.8. The van der Waals surface area contributed by atoms with E-state index in [0.717, 1.165) is 19.2 Å². The number of nitrogens with zero attached hydrogens (tertiary/aromatic N) is 1. The predicted molar refractivity (Wildman–Crippen MR) is 68.5 cm³/mol. The van der Waals surface area contributed by atoms with E-state index in [9.17, 15) is 8.78 Å². The van der Waals surface area contributed by atoms with Gasteiger partial charge in [-0.2, -0.15) is 0 Å². The fraction of sp³-hybridized carbons (Fsp3) is 0.571. The molecule has 0 bridgehead atoms. The fourth-order valence-electron chi connectivity index (χ4n) is 3.35. The predicted octanol–water partition coefficient (Wildman–Crippen LogP) is 3.32. The van der Waals surface area contributed by atoms with Crippen LogP contribution in [0.2, 0.25) is 0 Å². The number of halogens is 2. The van der Waals surface area contributed by atoms with Crippen LogP contribution in [0.25, 0.3) is 0 Å². The van der Waals surface area contributed by atoms with Crippen LogP contribution >= 0.6 is 0 Å². The van der Waals surface area contributed by atoms with Crippen LogP contribution in [0.4, 0.5) is 20.2 Å². The summed E-state index contributed by atoms with van der Waals surface area (Å²) < 4.78 is 26.8. The highest BCUT2D eigenvalue weighted by molar-refractivity contribution is 5.59. The SMILES string of the molecule is Nc1cc(N2CC3(CCCCC3)C2)c(F)cc1F. The lowest BCUT2D eigenvalue weighted by Crippen LogP contribution is -2.57. The Morgan fingerprint density at radius 2 is 1.67 bits per heavy atom. The molecule has 1 aromatic carbocycles. The van der Waals surface area contributed by atoms with Crippen molar-refractivity contribution in [1.82, 2.24) is 0 Å². The molecule has 1 spiro atoms. The molecule has 18 heavy (non-hydrogen) atoms. The maximum atomic E-state index is 13.7. The first-order chi connectivity index (χ1) is 8.60. The summed E-state index contributed by atoms with van der Waals surface area (Å²) in [5.74, 6) is -1.18. The highest BCUT2D eigenvalue weighted by atomic mass is 19.1. The Balaban J connectivity index is 1.76. The molecule has 1 saturated heterocycles. The van der Waals surface area contributed by atoms with Crippen molar-refractivity contribution in [2.45, 2.75) is 32.1 Å². The molecule has 1 aliphatic carbocycles. The summed E-state index contributed by atoms with van der Waals surface area (Å²) in [6.07, 6.45) is 6.35. The Hall–Kier alpha value is -1.32. The number of rotatable bonds is 1. The zero-order chi connectivity index (χ0) is 12.8. The van der Waals surface area contributed by atoms with Gasteiger partial charge < -0.3 is 10.6 Å². The number of nitrogen functional groups attached to an aromatic ring is 1. The molecular formula is C14H18F2N2. The van der Waals surface area contributed by atoms with Crippen LogP contribution in [0.5, 0.6) is 0 Å². The highest BCUT2D eigenvalue weighted by Gasteiger charge is 2.44. The zero-order valence-electron chi connectivity index (χ0n) is 10.4. The summed E-state index contributed by atoms with van der Waals surface area (Å²) in [5, 5.41) is 0. The fourth-order valence-corrected chi connectivity index (χ4v) is 3.35. The average Bonchev–Trinajstić information content (AvgIpc) is 2.32. The van der Waals surface area contributed by atoms with E-state index < -0.39 is 11.6 Å². The number of anilines is 2. The van der Waals surface area contributed by atoms with Gasteiger partial charge >= 0.3 is 0 Å². The van der Waals surface area contributed by atoms with Gasteiger partial charge in [0.05, 0.1) is 11.4 Å². The van der Waals surface area contributed by atoms with Gasteiger partial charge in [-0.15, -0.1) is 0 Å². The quantitative estimate of drug-likeness (QED) is 0.777. The smallest absolute Gasteiger partial charge is 0.149 e. The molecule has 1 aliphatic heterocycles. The standard InChI is InChI=1S/C14H18F2N2/c15-10-6-11(16)13(7-12(10)17)18-8-14(9-18)4-2-1-3-5-14/h6-7H,1-5,8-9,17H2. The van der Waals surface area contributed by atoms with Crippen molar-refractivity contribution >= 4 is 11.4 Å². The average molecular weight is 252 g/mol. The van der Waals surface area contributed by atoms with Gasteiger partial charge in [0.15, 0.2) is 0 Å². The Morgan fingerprint density at radius 3 is 2.33 bits per heavy atom. The van der Waals surface area contributed by atoms with Crippen molar-refractivity contribution in [1.29, 1.82) is 0 Å². The zero-order valence-corrected chi connectivity index (χ0v) is 10.4. The number of hydrogen-bond donors (Lipinski definition) is 1. The van der Waals surface area contributed by atoms with Gasteiger partial charge in [0.1, 0.15) is 11.6 Å². The lowest BCUT2D eigenvalue weighted by molar-refractivity contribution is 0.138. The maximum Gasteiger partial charge on any atom is 0.149 e. The minimum atomic E-state index is -0.677. The Morgan fingerprint density at radius 1 is 1.00 bits per heavy atom. The van der Waals surface area contributed by atoms with Crippen LogP contribution in [-0.2, 0) is 0 Å². The molecule has 4 heteroatoms. The van der Waals surface area contributed by atoms with E-state index in [1.165, 1.54) is 38.2 Å². The third kappa shape index (κ3) is 1.84. The Labute approximate surface area is 106 Å². The molecule has 2 nitrogen and oxygen atoms in total. The van der Waals surface area contributed by atoms with Gasteiger partial charge in [-0.25, -0.2) is 8.78 Å². The second kappa shape index (κ2) is 4.11. The van der Waals surface area contributed by atoms with E-state index in [4.69, 9.17) is 5.73 Å². The van der Waals surface area contributed by atoms with E-state index >= 15 is 0 Å². The monoisotopic (exact) mass is 252 g/mol. The van der Waals surface area contributed by atoms with Gasteiger partial charge in [-0.3, -0.25) is 0 Å². The van der Waals surface area contributed by atoms with Crippen LogP contribution < -0.4 is 10.6 Å². The first-order valence-corrected chi connectivity index (χ1v) is 6.59.